The Morgan fingerprint density at radius 2 is 1.65 bits per heavy atom. The molecule has 104 valence electrons. The number of hydrogen-bond acceptors (Lipinski definition) is 6. The van der Waals surface area contributed by atoms with Crippen LogP contribution in [0.15, 0.2) is 30.6 Å². The van der Waals surface area contributed by atoms with Gasteiger partial charge in [-0.3, -0.25) is 0 Å². The van der Waals surface area contributed by atoms with E-state index in [1.165, 1.54) is 38.7 Å². The predicted molar refractivity (Wildman–Crippen MR) is 68.6 cm³/mol. The van der Waals surface area contributed by atoms with Crippen molar-refractivity contribution in [3.05, 3.63) is 36.2 Å². The van der Waals surface area contributed by atoms with E-state index in [0.29, 0.717) is 11.5 Å². The lowest BCUT2D eigenvalue weighted by atomic mass is 10.1. The zero-order chi connectivity index (χ0) is 14.5. The monoisotopic (exact) mass is 276 g/mol. The van der Waals surface area contributed by atoms with Gasteiger partial charge in [-0.15, -0.1) is 0 Å². The van der Waals surface area contributed by atoms with E-state index in [-0.39, 0.29) is 17.3 Å². The lowest BCUT2D eigenvalue weighted by Crippen LogP contribution is -2.03. The lowest BCUT2D eigenvalue weighted by molar-refractivity contribution is 0.0693. The number of ether oxygens (including phenoxy) is 3. The van der Waals surface area contributed by atoms with Gasteiger partial charge in [0.1, 0.15) is 11.3 Å². The molecule has 0 saturated heterocycles. The van der Waals surface area contributed by atoms with E-state index >= 15 is 0 Å². The second kappa shape index (κ2) is 5.87. The first-order chi connectivity index (χ1) is 9.65. The van der Waals surface area contributed by atoms with Crippen LogP contribution in [0, 0.1) is 0 Å². The summed E-state index contributed by atoms with van der Waals surface area (Å²) in [5, 5.41) is 9.21. The van der Waals surface area contributed by atoms with Gasteiger partial charge >= 0.3 is 12.0 Å². The topological polar surface area (TPSA) is 90.8 Å². The molecule has 1 N–H and O–H groups in total. The summed E-state index contributed by atoms with van der Waals surface area (Å²) < 4.78 is 15.5. The second-order valence-corrected chi connectivity index (χ2v) is 3.64. The molecule has 0 aliphatic rings. The average molecular weight is 276 g/mol. The van der Waals surface area contributed by atoms with Gasteiger partial charge in [-0.1, -0.05) is 0 Å². The molecule has 1 aromatic heterocycles. The van der Waals surface area contributed by atoms with Gasteiger partial charge in [-0.25, -0.2) is 14.8 Å². The van der Waals surface area contributed by atoms with E-state index < -0.39 is 5.97 Å². The van der Waals surface area contributed by atoms with Crippen LogP contribution in [0.4, 0.5) is 0 Å². The molecule has 2 rings (SSSR count). The van der Waals surface area contributed by atoms with Gasteiger partial charge in [0.2, 0.25) is 0 Å². The molecular formula is C13H12N2O5. The van der Waals surface area contributed by atoms with Crippen LogP contribution in [0.2, 0.25) is 0 Å². The lowest BCUT2D eigenvalue weighted by Gasteiger charge is -2.12. The third kappa shape index (κ3) is 2.77. The molecule has 7 heteroatoms. The maximum Gasteiger partial charge on any atom is 0.339 e. The van der Waals surface area contributed by atoms with Gasteiger partial charge in [0, 0.05) is 24.5 Å². The highest BCUT2D eigenvalue weighted by molar-refractivity contribution is 5.92. The number of aromatic nitrogens is 2. The van der Waals surface area contributed by atoms with E-state index in [1.54, 1.807) is 6.07 Å². The van der Waals surface area contributed by atoms with Crippen molar-refractivity contribution in [3.63, 3.8) is 0 Å². The minimum absolute atomic E-state index is 0.0437. The molecule has 1 heterocycles. The van der Waals surface area contributed by atoms with E-state index in [9.17, 15) is 9.90 Å². The number of hydrogen-bond donors (Lipinski definition) is 1. The van der Waals surface area contributed by atoms with Crippen molar-refractivity contribution in [2.24, 2.45) is 0 Å². The SMILES string of the molecule is COc1cc(Oc2ncccn2)c(C(=O)O)cc1OC. The molecule has 0 spiro atoms. The summed E-state index contributed by atoms with van der Waals surface area (Å²) in [4.78, 5) is 19.0. The molecule has 0 radical (unpaired) electrons. The number of rotatable bonds is 5. The van der Waals surface area contributed by atoms with Crippen molar-refractivity contribution in [1.82, 2.24) is 9.97 Å². The fourth-order valence-corrected chi connectivity index (χ4v) is 1.55. The molecule has 20 heavy (non-hydrogen) atoms. The summed E-state index contributed by atoms with van der Waals surface area (Å²) in [6.07, 6.45) is 2.98. The Hall–Kier alpha value is -2.83. The highest BCUT2D eigenvalue weighted by Crippen LogP contribution is 2.36. The maximum absolute atomic E-state index is 11.3. The van der Waals surface area contributed by atoms with Crippen molar-refractivity contribution in [3.8, 4) is 23.3 Å². The fourth-order valence-electron chi connectivity index (χ4n) is 1.55. The Morgan fingerprint density at radius 3 is 2.20 bits per heavy atom. The molecule has 0 amide bonds. The number of carboxylic acids is 1. The van der Waals surface area contributed by atoms with Crippen LogP contribution in [0.25, 0.3) is 0 Å². The predicted octanol–water partition coefficient (Wildman–Crippen LogP) is 1.98. The summed E-state index contributed by atoms with van der Waals surface area (Å²) in [7, 11) is 2.87. The molecule has 7 nitrogen and oxygen atoms in total. The molecule has 0 fully saturated rings. The van der Waals surface area contributed by atoms with E-state index in [1.807, 2.05) is 0 Å². The fraction of sp³-hybridized carbons (Fsp3) is 0.154. The Bertz CT molecular complexity index is 616. The van der Waals surface area contributed by atoms with E-state index in [4.69, 9.17) is 14.2 Å². The number of benzene rings is 1. The Kier molecular flexibility index (Phi) is 3.99. The first-order valence-corrected chi connectivity index (χ1v) is 5.60. The molecule has 0 aliphatic heterocycles. The quantitative estimate of drug-likeness (QED) is 0.892. The van der Waals surface area contributed by atoms with Crippen molar-refractivity contribution < 1.29 is 24.1 Å². The molecule has 0 atom stereocenters. The summed E-state index contributed by atoms with van der Waals surface area (Å²) in [6, 6.07) is 4.40. The van der Waals surface area contributed by atoms with Crippen molar-refractivity contribution in [1.29, 1.82) is 0 Å². The van der Waals surface area contributed by atoms with Crippen molar-refractivity contribution >= 4 is 5.97 Å². The molecule has 0 unspecified atom stereocenters. The summed E-state index contributed by atoms with van der Waals surface area (Å²) >= 11 is 0. The third-order valence-electron chi connectivity index (χ3n) is 2.46. The zero-order valence-electron chi connectivity index (χ0n) is 10.9. The summed E-state index contributed by atoms with van der Waals surface area (Å²) in [5.74, 6) is -0.437. The van der Waals surface area contributed by atoms with Gasteiger partial charge in [0.25, 0.3) is 0 Å². The van der Waals surface area contributed by atoms with Gasteiger partial charge in [0.15, 0.2) is 11.5 Å². The Labute approximate surface area is 114 Å². The highest BCUT2D eigenvalue weighted by Gasteiger charge is 2.18. The van der Waals surface area contributed by atoms with Crippen LogP contribution in [0.3, 0.4) is 0 Å². The van der Waals surface area contributed by atoms with Gasteiger partial charge < -0.3 is 19.3 Å². The molecule has 2 aromatic rings. The standard InChI is InChI=1S/C13H12N2O5/c1-18-10-6-8(12(16)17)9(7-11(10)19-2)20-13-14-4-3-5-15-13/h3-7H,1-2H3,(H,16,17). The zero-order valence-corrected chi connectivity index (χ0v) is 10.9. The number of methoxy groups -OCH3 is 2. The summed E-state index contributed by atoms with van der Waals surface area (Å²) in [5.41, 5.74) is -0.0740. The van der Waals surface area contributed by atoms with Crippen molar-refractivity contribution in [2.45, 2.75) is 0 Å². The number of carbonyl (C=O) groups is 1. The van der Waals surface area contributed by atoms with Crippen LogP contribution in [0.5, 0.6) is 23.3 Å². The molecular weight excluding hydrogens is 264 g/mol. The van der Waals surface area contributed by atoms with E-state index in [0.717, 1.165) is 0 Å². The number of nitrogens with zero attached hydrogens (tertiary/aromatic N) is 2. The minimum atomic E-state index is -1.16. The second-order valence-electron chi connectivity index (χ2n) is 3.64. The van der Waals surface area contributed by atoms with Crippen LogP contribution in [-0.4, -0.2) is 35.3 Å². The van der Waals surface area contributed by atoms with Gasteiger partial charge in [-0.05, 0) is 6.07 Å². The third-order valence-corrected chi connectivity index (χ3v) is 2.46. The largest absolute Gasteiger partial charge is 0.493 e. The number of carboxylic acid groups (broad SMARTS) is 1. The Morgan fingerprint density at radius 1 is 1.05 bits per heavy atom. The first-order valence-electron chi connectivity index (χ1n) is 5.60. The van der Waals surface area contributed by atoms with E-state index in [2.05, 4.69) is 9.97 Å². The first kappa shape index (κ1) is 13.6. The van der Waals surface area contributed by atoms with Gasteiger partial charge in [0.05, 0.1) is 14.2 Å². The smallest absolute Gasteiger partial charge is 0.339 e. The van der Waals surface area contributed by atoms with Crippen molar-refractivity contribution in [2.75, 3.05) is 14.2 Å². The van der Waals surface area contributed by atoms with Crippen LogP contribution in [-0.2, 0) is 0 Å². The number of aromatic carboxylic acids is 1. The molecule has 1 aromatic carbocycles. The summed E-state index contributed by atoms with van der Waals surface area (Å²) in [6.45, 7) is 0. The Balaban J connectivity index is 2.47. The van der Waals surface area contributed by atoms with Crippen LogP contribution in [0.1, 0.15) is 10.4 Å². The maximum atomic E-state index is 11.3. The van der Waals surface area contributed by atoms with Gasteiger partial charge in [-0.2, -0.15) is 0 Å². The highest BCUT2D eigenvalue weighted by atomic mass is 16.5. The molecule has 0 aliphatic carbocycles. The average Bonchev–Trinajstić information content (AvgIpc) is 2.47. The van der Waals surface area contributed by atoms with Crippen LogP contribution >= 0.6 is 0 Å². The normalized spacial score (nSPS) is 9.90. The van der Waals surface area contributed by atoms with Crippen LogP contribution < -0.4 is 14.2 Å². The minimum Gasteiger partial charge on any atom is -0.493 e. The molecule has 0 saturated carbocycles. The molecule has 0 bridgehead atoms.